The minimum Gasteiger partial charge on any atom is -0.480 e. The fourth-order valence-electron chi connectivity index (χ4n) is 4.18. The lowest BCUT2D eigenvalue weighted by molar-refractivity contribution is -0.145. The summed E-state index contributed by atoms with van der Waals surface area (Å²) < 4.78 is 16.6. The van der Waals surface area contributed by atoms with Crippen molar-refractivity contribution in [2.75, 3.05) is 6.61 Å². The van der Waals surface area contributed by atoms with Crippen molar-refractivity contribution in [3.05, 3.63) is 23.8 Å². The van der Waals surface area contributed by atoms with Gasteiger partial charge >= 0.3 is 23.9 Å². The van der Waals surface area contributed by atoms with Gasteiger partial charge in [0, 0.05) is 12.3 Å². The summed E-state index contributed by atoms with van der Waals surface area (Å²) in [6, 6.07) is 3.26. The number of benzene rings is 1. The Bertz CT molecular complexity index is 931. The van der Waals surface area contributed by atoms with Crippen LogP contribution >= 0.6 is 0 Å². The topological polar surface area (TPSA) is 142 Å². The summed E-state index contributed by atoms with van der Waals surface area (Å²) in [6.45, 7) is 11.1. The number of unbranched alkanes of at least 4 members (excludes halogenated alkanes) is 1. The molecule has 9 nitrogen and oxygen atoms in total. The van der Waals surface area contributed by atoms with E-state index in [1.807, 2.05) is 20.8 Å². The third-order valence-electron chi connectivity index (χ3n) is 6.55. The maximum Gasteiger partial charge on any atom is 0.321 e. The van der Waals surface area contributed by atoms with Crippen LogP contribution in [-0.2, 0) is 23.9 Å². The Kier molecular flexibility index (Phi) is 14.6. The second-order valence-electron chi connectivity index (χ2n) is 10.1. The largest absolute Gasteiger partial charge is 0.480 e. The molecule has 0 spiro atoms. The summed E-state index contributed by atoms with van der Waals surface area (Å²) in [5.41, 5.74) is 6.54. The molecule has 1 aromatic rings. The Morgan fingerprint density at radius 3 is 1.92 bits per heavy atom. The molecular formula is C29H45NO8. The van der Waals surface area contributed by atoms with Crippen molar-refractivity contribution in [3.8, 4) is 11.5 Å². The monoisotopic (exact) mass is 535 g/mol. The fourth-order valence-corrected chi connectivity index (χ4v) is 4.18. The number of ether oxygens (including phenoxy) is 3. The van der Waals surface area contributed by atoms with Crippen molar-refractivity contribution < 1.29 is 38.5 Å². The number of carbonyl (C=O) groups excluding carboxylic acids is 3. The average Bonchev–Trinajstić information content (AvgIpc) is 2.87. The van der Waals surface area contributed by atoms with E-state index in [0.717, 1.165) is 19.3 Å². The molecule has 0 saturated heterocycles. The van der Waals surface area contributed by atoms with Crippen LogP contribution in [-0.4, -0.2) is 41.6 Å². The zero-order valence-electron chi connectivity index (χ0n) is 23.7. The highest BCUT2D eigenvalue weighted by Gasteiger charge is 2.33. The third kappa shape index (κ3) is 10.4. The van der Waals surface area contributed by atoms with Gasteiger partial charge in [0.25, 0.3) is 0 Å². The maximum absolute atomic E-state index is 12.8. The number of hydrogen-bond acceptors (Lipinski definition) is 8. The molecule has 5 atom stereocenters. The summed E-state index contributed by atoms with van der Waals surface area (Å²) >= 11 is 0. The first-order valence-corrected chi connectivity index (χ1v) is 13.7. The molecule has 9 heteroatoms. The molecule has 38 heavy (non-hydrogen) atoms. The SMILES string of the molecule is CCCCC(=O)OCC(C)C(c1ccc(OC(=O)C(C)CCC)c(OC(=O)C(C)CCC)c1)[C@H](N)C(=O)O. The molecule has 0 amide bonds. The summed E-state index contributed by atoms with van der Waals surface area (Å²) in [6.07, 6.45) is 4.69. The van der Waals surface area contributed by atoms with E-state index in [1.54, 1.807) is 26.8 Å². The predicted molar refractivity (Wildman–Crippen MR) is 144 cm³/mol. The van der Waals surface area contributed by atoms with Gasteiger partial charge in [0.1, 0.15) is 6.04 Å². The third-order valence-corrected chi connectivity index (χ3v) is 6.55. The molecule has 3 N–H and O–H groups in total. The summed E-state index contributed by atoms with van der Waals surface area (Å²) in [5.74, 6) is -4.41. The van der Waals surface area contributed by atoms with E-state index < -0.39 is 35.8 Å². The number of carboxylic acid groups (broad SMARTS) is 1. The maximum atomic E-state index is 12.8. The number of rotatable bonds is 17. The van der Waals surface area contributed by atoms with Gasteiger partial charge in [-0.3, -0.25) is 19.2 Å². The van der Waals surface area contributed by atoms with Gasteiger partial charge in [-0.1, -0.05) is 66.9 Å². The Labute approximate surface area is 226 Å². The molecule has 0 bridgehead atoms. The standard InChI is InChI=1S/C29H45NO8/c1-7-10-13-24(31)36-17-20(6)25(26(30)27(32)33)21-14-15-22(37-28(34)18(4)11-8-2)23(16-21)38-29(35)19(5)12-9-3/h14-16,18-20,25-26H,7-13,17,30H2,1-6H3,(H,32,33)/t18?,19?,20?,25?,26-/m0/s1. The lowest BCUT2D eigenvalue weighted by Crippen LogP contribution is -2.40. The molecule has 1 rings (SSSR count). The van der Waals surface area contributed by atoms with Crippen molar-refractivity contribution >= 4 is 23.9 Å². The van der Waals surface area contributed by atoms with Crippen LogP contribution in [0.1, 0.15) is 98.0 Å². The van der Waals surface area contributed by atoms with Crippen LogP contribution in [0.4, 0.5) is 0 Å². The molecule has 214 valence electrons. The Hall–Kier alpha value is -2.94. The van der Waals surface area contributed by atoms with Crippen molar-refractivity contribution in [2.45, 2.75) is 98.4 Å². The highest BCUT2D eigenvalue weighted by atomic mass is 16.6. The molecule has 0 aromatic heterocycles. The predicted octanol–water partition coefficient (Wildman–Crippen LogP) is 5.23. The van der Waals surface area contributed by atoms with Gasteiger partial charge in [0.15, 0.2) is 11.5 Å². The van der Waals surface area contributed by atoms with Gasteiger partial charge in [-0.25, -0.2) is 0 Å². The van der Waals surface area contributed by atoms with E-state index in [4.69, 9.17) is 19.9 Å². The van der Waals surface area contributed by atoms with Crippen molar-refractivity contribution in [1.29, 1.82) is 0 Å². The lowest BCUT2D eigenvalue weighted by Gasteiger charge is -2.28. The first kappa shape index (κ1) is 33.1. The van der Waals surface area contributed by atoms with E-state index in [-0.39, 0.29) is 42.3 Å². The Balaban J connectivity index is 3.38. The zero-order valence-corrected chi connectivity index (χ0v) is 23.7. The van der Waals surface area contributed by atoms with Crippen molar-refractivity contribution in [2.24, 2.45) is 23.5 Å². The quantitative estimate of drug-likeness (QED) is 0.202. The van der Waals surface area contributed by atoms with Crippen LogP contribution in [0.2, 0.25) is 0 Å². The molecule has 0 saturated carbocycles. The number of carbonyl (C=O) groups is 4. The van der Waals surface area contributed by atoms with Gasteiger partial charge in [0.2, 0.25) is 0 Å². The first-order valence-electron chi connectivity index (χ1n) is 13.7. The molecule has 0 aliphatic rings. The van der Waals surface area contributed by atoms with Crippen LogP contribution in [0.5, 0.6) is 11.5 Å². The number of carboxylic acids is 1. The molecule has 0 radical (unpaired) electrons. The van der Waals surface area contributed by atoms with Gasteiger partial charge in [-0.2, -0.15) is 0 Å². The van der Waals surface area contributed by atoms with E-state index in [1.165, 1.54) is 12.1 Å². The minimum atomic E-state index is -1.32. The van der Waals surface area contributed by atoms with Crippen molar-refractivity contribution in [1.82, 2.24) is 0 Å². The van der Waals surface area contributed by atoms with Crippen LogP contribution in [0.15, 0.2) is 18.2 Å². The molecule has 0 aliphatic carbocycles. The Morgan fingerprint density at radius 2 is 1.42 bits per heavy atom. The fraction of sp³-hybridized carbons (Fsp3) is 0.655. The summed E-state index contributed by atoms with van der Waals surface area (Å²) in [5, 5.41) is 9.70. The molecule has 1 aromatic carbocycles. The van der Waals surface area contributed by atoms with Crippen LogP contribution in [0.3, 0.4) is 0 Å². The average molecular weight is 536 g/mol. The molecule has 0 fully saturated rings. The van der Waals surface area contributed by atoms with Gasteiger partial charge < -0.3 is 25.1 Å². The molecule has 0 aliphatic heterocycles. The van der Waals surface area contributed by atoms with E-state index in [9.17, 15) is 24.3 Å². The lowest BCUT2D eigenvalue weighted by atomic mass is 9.82. The smallest absolute Gasteiger partial charge is 0.321 e. The van der Waals surface area contributed by atoms with E-state index in [2.05, 4.69) is 0 Å². The normalized spacial score (nSPS) is 15.0. The highest BCUT2D eigenvalue weighted by Crippen LogP contribution is 2.36. The summed E-state index contributed by atoms with van der Waals surface area (Å²) in [7, 11) is 0. The van der Waals surface area contributed by atoms with Crippen molar-refractivity contribution in [3.63, 3.8) is 0 Å². The number of aliphatic carboxylic acids is 1. The molecular weight excluding hydrogens is 490 g/mol. The number of esters is 3. The zero-order chi connectivity index (χ0) is 28.8. The van der Waals surface area contributed by atoms with E-state index >= 15 is 0 Å². The minimum absolute atomic E-state index is 0.0160. The molecule has 4 unspecified atom stereocenters. The highest BCUT2D eigenvalue weighted by molar-refractivity contribution is 5.79. The van der Waals surface area contributed by atoms with Gasteiger partial charge in [-0.15, -0.1) is 0 Å². The van der Waals surface area contributed by atoms with E-state index in [0.29, 0.717) is 24.8 Å². The summed E-state index contributed by atoms with van der Waals surface area (Å²) in [4.78, 5) is 49.3. The van der Waals surface area contributed by atoms with Crippen LogP contribution in [0, 0.1) is 17.8 Å². The number of nitrogens with two attached hydrogens (primary N) is 1. The first-order chi connectivity index (χ1) is 18.0. The second-order valence-corrected chi connectivity index (χ2v) is 10.1. The van der Waals surface area contributed by atoms with Crippen LogP contribution < -0.4 is 15.2 Å². The Morgan fingerprint density at radius 1 is 0.868 bits per heavy atom. The van der Waals surface area contributed by atoms with Gasteiger partial charge in [0.05, 0.1) is 18.4 Å². The molecule has 0 heterocycles. The second kappa shape index (κ2) is 16.8. The van der Waals surface area contributed by atoms with Crippen LogP contribution in [0.25, 0.3) is 0 Å². The number of hydrogen-bond donors (Lipinski definition) is 2. The van der Waals surface area contributed by atoms with Gasteiger partial charge in [-0.05, 0) is 42.9 Å².